The molecule has 0 fully saturated rings. The highest BCUT2D eigenvalue weighted by atomic mass is 16.6. The largest absolute Gasteiger partial charge is 0.478 e. The first-order chi connectivity index (χ1) is 10.9. The SMILES string of the molecule is Cc1c(NC(=O)Cc2ccccc2[N+](=O)[O-])cccc1C(=O)O. The minimum absolute atomic E-state index is 0.0912. The Labute approximate surface area is 131 Å². The van der Waals surface area contributed by atoms with Crippen molar-refractivity contribution < 1.29 is 19.6 Å². The fraction of sp³-hybridized carbons (Fsp3) is 0.125. The van der Waals surface area contributed by atoms with Gasteiger partial charge in [0, 0.05) is 17.3 Å². The molecule has 0 saturated carbocycles. The Morgan fingerprint density at radius 3 is 2.52 bits per heavy atom. The molecule has 0 bridgehead atoms. The molecule has 0 unspecified atom stereocenters. The Hall–Kier alpha value is -3.22. The predicted molar refractivity (Wildman–Crippen MR) is 83.6 cm³/mol. The quantitative estimate of drug-likeness (QED) is 0.651. The van der Waals surface area contributed by atoms with E-state index in [2.05, 4.69) is 5.32 Å². The highest BCUT2D eigenvalue weighted by Gasteiger charge is 2.17. The molecule has 0 aliphatic carbocycles. The number of rotatable bonds is 5. The van der Waals surface area contributed by atoms with Crippen molar-refractivity contribution in [3.63, 3.8) is 0 Å². The summed E-state index contributed by atoms with van der Waals surface area (Å²) in [7, 11) is 0. The van der Waals surface area contributed by atoms with Gasteiger partial charge in [-0.3, -0.25) is 14.9 Å². The number of hydrogen-bond donors (Lipinski definition) is 2. The smallest absolute Gasteiger partial charge is 0.336 e. The average Bonchev–Trinajstić information content (AvgIpc) is 2.49. The van der Waals surface area contributed by atoms with Crippen LogP contribution in [-0.4, -0.2) is 21.9 Å². The molecule has 0 atom stereocenters. The molecule has 23 heavy (non-hydrogen) atoms. The lowest BCUT2D eigenvalue weighted by Gasteiger charge is -2.10. The van der Waals surface area contributed by atoms with Crippen molar-refractivity contribution in [2.75, 3.05) is 5.32 Å². The van der Waals surface area contributed by atoms with Gasteiger partial charge in [-0.25, -0.2) is 4.79 Å². The number of aromatic carboxylic acids is 1. The number of carboxylic acids is 1. The van der Waals surface area contributed by atoms with Crippen LogP contribution in [0.15, 0.2) is 42.5 Å². The Balaban J connectivity index is 2.20. The maximum atomic E-state index is 12.1. The van der Waals surface area contributed by atoms with E-state index in [1.54, 1.807) is 19.1 Å². The van der Waals surface area contributed by atoms with Gasteiger partial charge in [-0.05, 0) is 24.6 Å². The maximum absolute atomic E-state index is 12.1. The molecular weight excluding hydrogens is 300 g/mol. The van der Waals surface area contributed by atoms with Crippen molar-refractivity contribution >= 4 is 23.3 Å². The number of benzene rings is 2. The molecule has 0 heterocycles. The first-order valence-electron chi connectivity index (χ1n) is 6.75. The van der Waals surface area contributed by atoms with Gasteiger partial charge in [-0.2, -0.15) is 0 Å². The van der Waals surface area contributed by atoms with Gasteiger partial charge in [-0.1, -0.05) is 24.3 Å². The summed E-state index contributed by atoms with van der Waals surface area (Å²) in [6.07, 6.45) is -0.173. The fourth-order valence-corrected chi connectivity index (χ4v) is 2.21. The van der Waals surface area contributed by atoms with E-state index >= 15 is 0 Å². The molecule has 2 aromatic carbocycles. The number of nitrogens with one attached hydrogen (secondary N) is 1. The molecule has 0 spiro atoms. The van der Waals surface area contributed by atoms with Crippen LogP contribution in [0.1, 0.15) is 21.5 Å². The van der Waals surface area contributed by atoms with E-state index in [1.807, 2.05) is 0 Å². The lowest BCUT2D eigenvalue weighted by Crippen LogP contribution is -2.16. The van der Waals surface area contributed by atoms with Crippen LogP contribution in [0.4, 0.5) is 11.4 Å². The second-order valence-electron chi connectivity index (χ2n) is 4.89. The minimum Gasteiger partial charge on any atom is -0.478 e. The summed E-state index contributed by atoms with van der Waals surface area (Å²) in [5, 5.41) is 22.6. The van der Waals surface area contributed by atoms with Crippen molar-refractivity contribution in [1.29, 1.82) is 0 Å². The van der Waals surface area contributed by atoms with Crippen LogP contribution in [0.2, 0.25) is 0 Å². The number of para-hydroxylation sites is 1. The third-order valence-corrected chi connectivity index (χ3v) is 3.38. The highest BCUT2D eigenvalue weighted by molar-refractivity contribution is 5.97. The molecule has 7 heteroatoms. The average molecular weight is 314 g/mol. The molecule has 2 rings (SSSR count). The number of nitro groups is 1. The van der Waals surface area contributed by atoms with Crippen molar-refractivity contribution in [2.45, 2.75) is 13.3 Å². The van der Waals surface area contributed by atoms with Crippen LogP contribution in [0.5, 0.6) is 0 Å². The number of carboxylic acid groups (broad SMARTS) is 1. The molecule has 118 valence electrons. The Kier molecular flexibility index (Phi) is 4.70. The van der Waals surface area contributed by atoms with Crippen LogP contribution in [0.3, 0.4) is 0 Å². The summed E-state index contributed by atoms with van der Waals surface area (Å²) in [6, 6.07) is 10.5. The summed E-state index contributed by atoms with van der Waals surface area (Å²) < 4.78 is 0. The zero-order chi connectivity index (χ0) is 17.0. The van der Waals surface area contributed by atoms with Gasteiger partial charge < -0.3 is 10.4 Å². The summed E-state index contributed by atoms with van der Waals surface area (Å²) in [4.78, 5) is 33.6. The van der Waals surface area contributed by atoms with E-state index in [0.29, 0.717) is 16.8 Å². The molecule has 0 radical (unpaired) electrons. The summed E-state index contributed by atoms with van der Waals surface area (Å²) in [6.45, 7) is 1.59. The molecule has 0 aliphatic rings. The summed E-state index contributed by atoms with van der Waals surface area (Å²) in [5.74, 6) is -1.54. The molecule has 2 aromatic rings. The van der Waals surface area contributed by atoms with Gasteiger partial charge in [0.05, 0.1) is 16.9 Å². The lowest BCUT2D eigenvalue weighted by atomic mass is 10.1. The molecule has 0 aromatic heterocycles. The van der Waals surface area contributed by atoms with Gasteiger partial charge in [0.2, 0.25) is 5.91 Å². The third kappa shape index (κ3) is 3.70. The standard InChI is InChI=1S/C16H14N2O5/c1-10-12(16(20)21)6-4-7-13(10)17-15(19)9-11-5-2-3-8-14(11)18(22)23/h2-8H,9H2,1H3,(H,17,19)(H,20,21). The topological polar surface area (TPSA) is 110 Å². The number of anilines is 1. The lowest BCUT2D eigenvalue weighted by molar-refractivity contribution is -0.385. The van der Waals surface area contributed by atoms with Crippen LogP contribution in [0.25, 0.3) is 0 Å². The van der Waals surface area contributed by atoms with E-state index < -0.39 is 16.8 Å². The van der Waals surface area contributed by atoms with Gasteiger partial charge >= 0.3 is 5.97 Å². The summed E-state index contributed by atoms with van der Waals surface area (Å²) >= 11 is 0. The predicted octanol–water partition coefficient (Wildman–Crippen LogP) is 2.78. The number of amides is 1. The maximum Gasteiger partial charge on any atom is 0.336 e. The van der Waals surface area contributed by atoms with Crippen LogP contribution in [-0.2, 0) is 11.2 Å². The second kappa shape index (κ2) is 6.69. The van der Waals surface area contributed by atoms with E-state index in [0.717, 1.165) is 0 Å². The van der Waals surface area contributed by atoms with E-state index in [1.165, 1.54) is 30.3 Å². The normalized spacial score (nSPS) is 10.1. The molecule has 0 saturated heterocycles. The van der Waals surface area contributed by atoms with Crippen molar-refractivity contribution in [3.8, 4) is 0 Å². The van der Waals surface area contributed by atoms with Gasteiger partial charge in [0.25, 0.3) is 5.69 Å². The van der Waals surface area contributed by atoms with Crippen molar-refractivity contribution in [1.82, 2.24) is 0 Å². The van der Waals surface area contributed by atoms with Crippen LogP contribution in [0, 0.1) is 17.0 Å². The van der Waals surface area contributed by atoms with Gasteiger partial charge in [-0.15, -0.1) is 0 Å². The fourth-order valence-electron chi connectivity index (χ4n) is 2.21. The van der Waals surface area contributed by atoms with Crippen molar-refractivity contribution in [2.24, 2.45) is 0 Å². The molecule has 0 aliphatic heterocycles. The summed E-state index contributed by atoms with van der Waals surface area (Å²) in [5.41, 5.74) is 1.05. The van der Waals surface area contributed by atoms with Crippen molar-refractivity contribution in [3.05, 3.63) is 69.3 Å². The Morgan fingerprint density at radius 2 is 1.87 bits per heavy atom. The number of nitro benzene ring substituents is 1. The Morgan fingerprint density at radius 1 is 1.17 bits per heavy atom. The zero-order valence-electron chi connectivity index (χ0n) is 12.3. The van der Waals surface area contributed by atoms with Gasteiger partial charge in [0.1, 0.15) is 0 Å². The van der Waals surface area contributed by atoms with Gasteiger partial charge in [0.15, 0.2) is 0 Å². The first-order valence-corrected chi connectivity index (χ1v) is 6.75. The van der Waals surface area contributed by atoms with Crippen LogP contribution < -0.4 is 5.32 Å². The Bertz CT molecular complexity index is 786. The molecular formula is C16H14N2O5. The number of hydrogen-bond acceptors (Lipinski definition) is 4. The first kappa shape index (κ1) is 16.2. The zero-order valence-corrected chi connectivity index (χ0v) is 12.3. The molecule has 1 amide bonds. The number of carbonyl (C=O) groups excluding carboxylic acids is 1. The monoisotopic (exact) mass is 314 g/mol. The van der Waals surface area contributed by atoms with Crippen LogP contribution >= 0.6 is 0 Å². The van der Waals surface area contributed by atoms with E-state index in [4.69, 9.17) is 5.11 Å². The highest BCUT2D eigenvalue weighted by Crippen LogP contribution is 2.21. The molecule has 7 nitrogen and oxygen atoms in total. The second-order valence-corrected chi connectivity index (χ2v) is 4.89. The molecule has 2 N–H and O–H groups in total. The third-order valence-electron chi connectivity index (χ3n) is 3.38. The minimum atomic E-state index is -1.09. The number of nitrogens with zero attached hydrogens (tertiary/aromatic N) is 1. The number of carbonyl (C=O) groups is 2. The van der Waals surface area contributed by atoms with E-state index in [9.17, 15) is 19.7 Å². The van der Waals surface area contributed by atoms with E-state index in [-0.39, 0.29) is 17.7 Å².